The summed E-state index contributed by atoms with van der Waals surface area (Å²) in [7, 11) is 1.71. The summed E-state index contributed by atoms with van der Waals surface area (Å²) in [4.78, 5) is 0. The molecule has 1 aromatic carbocycles. The molecule has 0 heterocycles. The molecule has 0 aliphatic rings. The van der Waals surface area contributed by atoms with Gasteiger partial charge in [0, 0.05) is 18.3 Å². The van der Waals surface area contributed by atoms with Crippen LogP contribution in [0.2, 0.25) is 0 Å². The topological polar surface area (TPSA) is 47.3 Å². The van der Waals surface area contributed by atoms with E-state index in [1.165, 1.54) is 5.56 Å². The highest BCUT2D eigenvalue weighted by Crippen LogP contribution is 2.22. The van der Waals surface area contributed by atoms with Crippen LogP contribution in [-0.4, -0.2) is 19.7 Å². The van der Waals surface area contributed by atoms with E-state index in [9.17, 15) is 0 Å². The van der Waals surface area contributed by atoms with Crippen LogP contribution in [0.25, 0.3) is 0 Å². The second-order valence-corrected chi connectivity index (χ2v) is 4.07. The van der Waals surface area contributed by atoms with Gasteiger partial charge in [-0.25, -0.2) is 0 Å². The SMILES string of the molecule is CCc1cc(NCCC(C)N)ccc1OC. The van der Waals surface area contributed by atoms with E-state index in [4.69, 9.17) is 10.5 Å². The van der Waals surface area contributed by atoms with Crippen molar-refractivity contribution < 1.29 is 4.74 Å². The number of ether oxygens (including phenoxy) is 1. The zero-order chi connectivity index (χ0) is 12.0. The molecule has 1 aromatic rings. The number of hydrogen-bond acceptors (Lipinski definition) is 3. The van der Waals surface area contributed by atoms with Crippen LogP contribution >= 0.6 is 0 Å². The van der Waals surface area contributed by atoms with E-state index in [2.05, 4.69) is 18.3 Å². The van der Waals surface area contributed by atoms with Gasteiger partial charge >= 0.3 is 0 Å². The summed E-state index contributed by atoms with van der Waals surface area (Å²) in [6.07, 6.45) is 1.96. The van der Waals surface area contributed by atoms with E-state index in [1.54, 1.807) is 7.11 Å². The van der Waals surface area contributed by atoms with E-state index in [0.29, 0.717) is 0 Å². The van der Waals surface area contributed by atoms with Gasteiger partial charge in [-0.3, -0.25) is 0 Å². The number of methoxy groups -OCH3 is 1. The van der Waals surface area contributed by atoms with Crippen molar-refractivity contribution in [2.24, 2.45) is 5.73 Å². The average Bonchev–Trinajstić information content (AvgIpc) is 2.28. The molecule has 90 valence electrons. The minimum absolute atomic E-state index is 0.247. The molecule has 0 aromatic heterocycles. The van der Waals surface area contributed by atoms with Crippen molar-refractivity contribution in [2.45, 2.75) is 32.7 Å². The van der Waals surface area contributed by atoms with Gasteiger partial charge in [-0.05, 0) is 43.5 Å². The first-order valence-corrected chi connectivity index (χ1v) is 5.83. The largest absolute Gasteiger partial charge is 0.496 e. The number of hydrogen-bond donors (Lipinski definition) is 2. The molecule has 0 spiro atoms. The Labute approximate surface area is 98.0 Å². The normalized spacial score (nSPS) is 12.2. The Bertz CT molecular complexity index is 324. The minimum Gasteiger partial charge on any atom is -0.496 e. The Morgan fingerprint density at radius 2 is 2.19 bits per heavy atom. The molecule has 1 unspecified atom stereocenters. The maximum absolute atomic E-state index is 5.70. The van der Waals surface area contributed by atoms with Gasteiger partial charge < -0.3 is 15.8 Å². The first-order chi connectivity index (χ1) is 7.67. The molecule has 0 aliphatic carbocycles. The zero-order valence-electron chi connectivity index (χ0n) is 10.4. The van der Waals surface area contributed by atoms with E-state index >= 15 is 0 Å². The number of nitrogens with one attached hydrogen (secondary N) is 1. The predicted molar refractivity (Wildman–Crippen MR) is 69.1 cm³/mol. The Morgan fingerprint density at radius 3 is 2.75 bits per heavy atom. The van der Waals surface area contributed by atoms with Gasteiger partial charge in [0.2, 0.25) is 0 Å². The number of anilines is 1. The Kier molecular flexibility index (Phi) is 5.12. The quantitative estimate of drug-likeness (QED) is 0.777. The fourth-order valence-corrected chi connectivity index (χ4v) is 1.61. The number of benzene rings is 1. The van der Waals surface area contributed by atoms with Crippen LogP contribution in [0, 0.1) is 0 Å². The molecule has 0 saturated heterocycles. The summed E-state index contributed by atoms with van der Waals surface area (Å²) in [5.74, 6) is 0.959. The fraction of sp³-hybridized carbons (Fsp3) is 0.538. The van der Waals surface area contributed by atoms with Crippen molar-refractivity contribution in [3.63, 3.8) is 0 Å². The molecule has 0 saturated carbocycles. The number of aryl methyl sites for hydroxylation is 1. The third-order valence-electron chi connectivity index (χ3n) is 2.59. The standard InChI is InChI=1S/C13H22N2O/c1-4-11-9-12(5-6-13(11)16-3)15-8-7-10(2)14/h5-6,9-10,15H,4,7-8,14H2,1-3H3. The van der Waals surface area contributed by atoms with Crippen LogP contribution in [0.15, 0.2) is 18.2 Å². The van der Waals surface area contributed by atoms with Crippen molar-refractivity contribution in [3.05, 3.63) is 23.8 Å². The lowest BCUT2D eigenvalue weighted by atomic mass is 10.1. The molecule has 1 rings (SSSR count). The second-order valence-electron chi connectivity index (χ2n) is 4.07. The molecule has 0 fully saturated rings. The molecule has 0 radical (unpaired) electrons. The summed E-state index contributed by atoms with van der Waals surface area (Å²) in [5, 5.41) is 3.37. The summed E-state index contributed by atoms with van der Waals surface area (Å²) < 4.78 is 5.29. The molecular formula is C13H22N2O. The van der Waals surface area contributed by atoms with E-state index < -0.39 is 0 Å². The number of nitrogens with two attached hydrogens (primary N) is 1. The third-order valence-corrected chi connectivity index (χ3v) is 2.59. The molecular weight excluding hydrogens is 200 g/mol. The highest BCUT2D eigenvalue weighted by molar-refractivity contribution is 5.51. The van der Waals surface area contributed by atoms with Crippen LogP contribution < -0.4 is 15.8 Å². The first-order valence-electron chi connectivity index (χ1n) is 5.83. The molecule has 0 aliphatic heterocycles. The third kappa shape index (κ3) is 3.74. The van der Waals surface area contributed by atoms with Crippen LogP contribution in [0.5, 0.6) is 5.75 Å². The minimum atomic E-state index is 0.247. The van der Waals surface area contributed by atoms with Gasteiger partial charge in [-0.2, -0.15) is 0 Å². The predicted octanol–water partition coefficient (Wildman–Crippen LogP) is 2.41. The first kappa shape index (κ1) is 12.8. The summed E-state index contributed by atoms with van der Waals surface area (Å²) in [6.45, 7) is 5.06. The van der Waals surface area contributed by atoms with E-state index in [-0.39, 0.29) is 6.04 Å². The Morgan fingerprint density at radius 1 is 1.44 bits per heavy atom. The lowest BCUT2D eigenvalue weighted by Crippen LogP contribution is -2.19. The van der Waals surface area contributed by atoms with Gasteiger partial charge in [0.25, 0.3) is 0 Å². The smallest absolute Gasteiger partial charge is 0.122 e. The van der Waals surface area contributed by atoms with Crippen LogP contribution in [0.3, 0.4) is 0 Å². The number of rotatable bonds is 6. The highest BCUT2D eigenvalue weighted by Gasteiger charge is 2.02. The van der Waals surface area contributed by atoms with Crippen molar-refractivity contribution >= 4 is 5.69 Å². The summed E-state index contributed by atoms with van der Waals surface area (Å²) in [6, 6.07) is 6.43. The Balaban J connectivity index is 2.60. The van der Waals surface area contributed by atoms with Crippen molar-refractivity contribution in [3.8, 4) is 5.75 Å². The van der Waals surface area contributed by atoms with Crippen LogP contribution in [-0.2, 0) is 6.42 Å². The lowest BCUT2D eigenvalue weighted by molar-refractivity contribution is 0.410. The monoisotopic (exact) mass is 222 g/mol. The van der Waals surface area contributed by atoms with Crippen LogP contribution in [0.4, 0.5) is 5.69 Å². The molecule has 0 bridgehead atoms. The van der Waals surface area contributed by atoms with Crippen molar-refractivity contribution in [2.75, 3.05) is 19.0 Å². The second kappa shape index (κ2) is 6.38. The van der Waals surface area contributed by atoms with Crippen LogP contribution in [0.1, 0.15) is 25.8 Å². The van der Waals surface area contributed by atoms with Crippen molar-refractivity contribution in [1.82, 2.24) is 0 Å². The maximum atomic E-state index is 5.70. The van der Waals surface area contributed by atoms with Gasteiger partial charge in [0.1, 0.15) is 5.75 Å². The van der Waals surface area contributed by atoms with Gasteiger partial charge in [-0.1, -0.05) is 6.92 Å². The molecule has 3 N–H and O–H groups in total. The van der Waals surface area contributed by atoms with Gasteiger partial charge in [-0.15, -0.1) is 0 Å². The van der Waals surface area contributed by atoms with Crippen molar-refractivity contribution in [1.29, 1.82) is 0 Å². The lowest BCUT2D eigenvalue weighted by Gasteiger charge is -2.12. The van der Waals surface area contributed by atoms with E-state index in [1.807, 2.05) is 19.1 Å². The van der Waals surface area contributed by atoms with E-state index in [0.717, 1.165) is 30.8 Å². The molecule has 1 atom stereocenters. The fourth-order valence-electron chi connectivity index (χ4n) is 1.61. The maximum Gasteiger partial charge on any atom is 0.122 e. The van der Waals surface area contributed by atoms with Gasteiger partial charge in [0.15, 0.2) is 0 Å². The summed E-state index contributed by atoms with van der Waals surface area (Å²) >= 11 is 0. The highest BCUT2D eigenvalue weighted by atomic mass is 16.5. The zero-order valence-corrected chi connectivity index (χ0v) is 10.4. The molecule has 16 heavy (non-hydrogen) atoms. The molecule has 3 nitrogen and oxygen atoms in total. The van der Waals surface area contributed by atoms with Gasteiger partial charge in [0.05, 0.1) is 7.11 Å². The molecule has 0 amide bonds. The average molecular weight is 222 g/mol. The summed E-state index contributed by atoms with van der Waals surface area (Å²) in [5.41, 5.74) is 8.07. The molecule has 3 heteroatoms. The Hall–Kier alpha value is -1.22.